The minimum Gasteiger partial charge on any atom is -0.103 e. The van der Waals surface area contributed by atoms with Gasteiger partial charge in [-0.25, -0.2) is 0 Å². The van der Waals surface area contributed by atoms with Gasteiger partial charge < -0.3 is 0 Å². The van der Waals surface area contributed by atoms with Gasteiger partial charge in [-0.2, -0.15) is 0 Å². The van der Waals surface area contributed by atoms with E-state index in [0.29, 0.717) is 16.7 Å². The molecule has 6 fully saturated rings. The van der Waals surface area contributed by atoms with Crippen molar-refractivity contribution in [2.75, 3.05) is 0 Å². The van der Waals surface area contributed by atoms with Crippen molar-refractivity contribution in [3.63, 3.8) is 0 Å². The topological polar surface area (TPSA) is 0 Å². The first-order chi connectivity index (χ1) is 14.4. The van der Waals surface area contributed by atoms with Crippen LogP contribution in [0, 0.1) is 45.3 Å². The fraction of sp³-hybridized carbons (Fsp3) is 0.793. The van der Waals surface area contributed by atoms with Crippen LogP contribution in [0.3, 0.4) is 0 Å². The molecule has 6 rings (SSSR count). The Morgan fingerprint density at radius 1 is 1.07 bits per heavy atom. The average molecular weight is 517 g/mol. The first-order valence-electron chi connectivity index (χ1n) is 13.0. The number of fused-ring (bicyclic) bond motifs is 1. The summed E-state index contributed by atoms with van der Waals surface area (Å²) < 4.78 is 0.915. The van der Waals surface area contributed by atoms with Crippen LogP contribution in [0.15, 0.2) is 36.5 Å². The lowest BCUT2D eigenvalue weighted by Gasteiger charge is -2.64. The molecule has 6 saturated carbocycles. The lowest BCUT2D eigenvalue weighted by atomic mass is 9.42. The third kappa shape index (κ3) is 2.57. The van der Waals surface area contributed by atoms with Crippen molar-refractivity contribution < 1.29 is 0 Å². The highest BCUT2D eigenvalue weighted by atomic mass is 127. The Bertz CT molecular complexity index is 804. The Labute approximate surface area is 198 Å². The fourth-order valence-corrected chi connectivity index (χ4v) is 11.8. The van der Waals surface area contributed by atoms with Crippen molar-refractivity contribution in [1.82, 2.24) is 0 Å². The molecule has 0 amide bonds. The van der Waals surface area contributed by atoms with E-state index in [0.717, 1.165) is 32.5 Å². The number of rotatable bonds is 4. The van der Waals surface area contributed by atoms with E-state index in [2.05, 4.69) is 61.7 Å². The van der Waals surface area contributed by atoms with Crippen LogP contribution in [0.5, 0.6) is 0 Å². The van der Waals surface area contributed by atoms with E-state index < -0.39 is 0 Å². The van der Waals surface area contributed by atoms with E-state index in [1.165, 1.54) is 50.5 Å². The molecule has 30 heavy (non-hydrogen) atoms. The van der Waals surface area contributed by atoms with Crippen LogP contribution in [-0.4, -0.2) is 3.92 Å². The third-order valence-corrected chi connectivity index (χ3v) is 13.1. The molecule has 5 unspecified atom stereocenters. The van der Waals surface area contributed by atoms with Crippen molar-refractivity contribution in [3.8, 4) is 0 Å². The second-order valence-corrected chi connectivity index (χ2v) is 14.2. The van der Waals surface area contributed by atoms with Gasteiger partial charge in [-0.1, -0.05) is 59.4 Å². The van der Waals surface area contributed by atoms with Crippen LogP contribution in [-0.2, 0) is 0 Å². The molecule has 0 aromatic heterocycles. The highest BCUT2D eigenvalue weighted by molar-refractivity contribution is 14.1. The molecule has 0 heterocycles. The second-order valence-electron chi connectivity index (χ2n) is 12.7. The molecule has 6 aliphatic rings. The first-order valence-corrected chi connectivity index (χ1v) is 14.2. The van der Waals surface area contributed by atoms with Crippen LogP contribution in [0.4, 0.5) is 0 Å². The van der Waals surface area contributed by atoms with E-state index in [4.69, 9.17) is 0 Å². The van der Waals surface area contributed by atoms with Crippen molar-refractivity contribution in [1.29, 1.82) is 0 Å². The highest BCUT2D eigenvalue weighted by Crippen LogP contribution is 2.83. The molecule has 164 valence electrons. The number of allylic oxidation sites excluding steroid dienone is 4. The Balaban J connectivity index is 1.33. The standard InChI is InChI=1S/C29H41I/c1-5-21-15-19(3)16-24(20(21)4)28(13-14-28)22(6-2)23-7-8-29(23)25(30)17-26(9-10-26)18-27(29)11-12-27/h5-6,20-21,23-25H,1,3,7-18H2,2,4H3/b22-6+/t20?,21-,23?,24?,25?,29?/m0/s1. The van der Waals surface area contributed by atoms with Crippen molar-refractivity contribution in [3.05, 3.63) is 36.5 Å². The average Bonchev–Trinajstić information content (AvgIpc) is 3.57. The summed E-state index contributed by atoms with van der Waals surface area (Å²) in [6.07, 6.45) is 22.5. The van der Waals surface area contributed by atoms with Gasteiger partial charge in [0.05, 0.1) is 0 Å². The van der Waals surface area contributed by atoms with Crippen LogP contribution < -0.4 is 0 Å². The monoisotopic (exact) mass is 516 g/mol. The lowest BCUT2D eigenvalue weighted by Crippen LogP contribution is -2.58. The van der Waals surface area contributed by atoms with Crippen LogP contribution in [0.2, 0.25) is 0 Å². The quantitative estimate of drug-likeness (QED) is 0.199. The first kappa shape index (κ1) is 20.5. The van der Waals surface area contributed by atoms with E-state index in [9.17, 15) is 0 Å². The largest absolute Gasteiger partial charge is 0.103 e. The van der Waals surface area contributed by atoms with Crippen molar-refractivity contribution in [2.24, 2.45) is 45.3 Å². The minimum atomic E-state index is 0.498. The SMILES string of the molecule is C=C[C@H]1CC(=C)CC(C2(/C(=C/C)C3CCC34C(I)CC3(CC3)CC43CC3)CC2)C1C. The van der Waals surface area contributed by atoms with Gasteiger partial charge >= 0.3 is 0 Å². The third-order valence-electron chi connectivity index (χ3n) is 11.6. The predicted molar refractivity (Wildman–Crippen MR) is 136 cm³/mol. The summed E-state index contributed by atoms with van der Waals surface area (Å²) >= 11 is 2.95. The highest BCUT2D eigenvalue weighted by Gasteiger charge is 2.75. The molecule has 0 nitrogen and oxygen atoms in total. The smallest absolute Gasteiger partial charge is 0.0182 e. The zero-order valence-electron chi connectivity index (χ0n) is 19.3. The van der Waals surface area contributed by atoms with Crippen LogP contribution in [0.1, 0.15) is 90.9 Å². The van der Waals surface area contributed by atoms with Gasteiger partial charge in [0.1, 0.15) is 0 Å². The lowest BCUT2D eigenvalue weighted by molar-refractivity contribution is -0.0774. The molecule has 1 heteroatoms. The number of alkyl halides is 1. The van der Waals surface area contributed by atoms with E-state index in [-0.39, 0.29) is 0 Å². The van der Waals surface area contributed by atoms with Gasteiger partial charge in [0, 0.05) is 3.92 Å². The molecule has 0 N–H and O–H groups in total. The number of hydrogen-bond donors (Lipinski definition) is 0. The number of hydrogen-bond acceptors (Lipinski definition) is 0. The molecule has 3 spiro atoms. The van der Waals surface area contributed by atoms with Gasteiger partial charge in [0.25, 0.3) is 0 Å². The van der Waals surface area contributed by atoms with Gasteiger partial charge in [0.2, 0.25) is 0 Å². The zero-order valence-corrected chi connectivity index (χ0v) is 21.5. The molecule has 6 aliphatic carbocycles. The Kier molecular flexibility index (Phi) is 4.46. The van der Waals surface area contributed by atoms with E-state index in [1.807, 2.05) is 5.57 Å². The van der Waals surface area contributed by atoms with Crippen LogP contribution >= 0.6 is 22.6 Å². The predicted octanol–water partition coefficient (Wildman–Crippen LogP) is 8.67. The zero-order chi connectivity index (χ0) is 20.9. The summed E-state index contributed by atoms with van der Waals surface area (Å²) in [6, 6.07) is 0. The van der Waals surface area contributed by atoms with Gasteiger partial charge in [-0.15, -0.1) is 6.58 Å². The Morgan fingerprint density at radius 3 is 2.30 bits per heavy atom. The van der Waals surface area contributed by atoms with Gasteiger partial charge in [-0.05, 0) is 129 Å². The molecule has 0 aromatic rings. The molecule has 0 aromatic carbocycles. The summed E-state index contributed by atoms with van der Waals surface area (Å²) in [6.45, 7) is 13.6. The van der Waals surface area contributed by atoms with Gasteiger partial charge in [-0.3, -0.25) is 0 Å². The second kappa shape index (κ2) is 6.51. The molecule has 0 aliphatic heterocycles. The minimum absolute atomic E-state index is 0.498. The van der Waals surface area contributed by atoms with Crippen LogP contribution in [0.25, 0.3) is 0 Å². The van der Waals surface area contributed by atoms with Gasteiger partial charge in [0.15, 0.2) is 0 Å². The number of halogens is 1. The van der Waals surface area contributed by atoms with E-state index >= 15 is 0 Å². The molecule has 6 atom stereocenters. The summed E-state index contributed by atoms with van der Waals surface area (Å²) in [5.41, 5.74) is 6.07. The Hall–Kier alpha value is -0.0500. The Morgan fingerprint density at radius 2 is 1.80 bits per heavy atom. The molecular weight excluding hydrogens is 475 g/mol. The maximum Gasteiger partial charge on any atom is 0.0182 e. The maximum atomic E-state index is 4.49. The summed E-state index contributed by atoms with van der Waals surface area (Å²) in [5.74, 6) is 3.08. The van der Waals surface area contributed by atoms with E-state index in [1.54, 1.807) is 32.1 Å². The normalized spacial score (nSPS) is 47.2. The summed E-state index contributed by atoms with van der Waals surface area (Å²) in [5, 5.41) is 0. The molecular formula is C29H41I. The molecule has 0 radical (unpaired) electrons. The molecule has 0 saturated heterocycles. The van der Waals surface area contributed by atoms with Crippen molar-refractivity contribution in [2.45, 2.75) is 94.8 Å². The molecule has 0 bridgehead atoms. The fourth-order valence-electron chi connectivity index (χ4n) is 9.48. The van der Waals surface area contributed by atoms with Crippen molar-refractivity contribution >= 4 is 22.6 Å². The maximum absolute atomic E-state index is 4.49. The summed E-state index contributed by atoms with van der Waals surface area (Å²) in [4.78, 5) is 0. The summed E-state index contributed by atoms with van der Waals surface area (Å²) in [7, 11) is 0.